The van der Waals surface area contributed by atoms with Gasteiger partial charge in [-0.2, -0.15) is 0 Å². The molecular formula is C31H28FeNP+2. The normalized spacial score (nSPS) is 17.4. The Kier molecular flexibility index (Phi) is 11.6. The minimum Gasteiger partial charge on any atom is -0.289 e. The molecule has 0 unspecified atom stereocenters. The van der Waals surface area contributed by atoms with Gasteiger partial charge in [-0.1, -0.05) is 91.0 Å². The molecule has 3 heteroatoms. The average molecular weight is 501 g/mol. The second-order valence-corrected chi connectivity index (χ2v) is 9.89. The second kappa shape index (κ2) is 14.6. The van der Waals surface area contributed by atoms with Gasteiger partial charge in [-0.3, -0.25) is 4.99 Å². The molecule has 0 aliphatic heterocycles. The maximum Gasteiger partial charge on any atom is 2.00 e. The van der Waals surface area contributed by atoms with Crippen LogP contribution in [0.4, 0.5) is 0 Å². The zero-order chi connectivity index (χ0) is 22.7. The monoisotopic (exact) mass is 501 g/mol. The molecule has 168 valence electrons. The van der Waals surface area contributed by atoms with Crippen LogP contribution in [0, 0.1) is 62.9 Å². The van der Waals surface area contributed by atoms with Crippen molar-refractivity contribution in [2.24, 2.45) is 4.99 Å². The predicted octanol–water partition coefficient (Wildman–Crippen LogP) is 6.38. The molecule has 0 spiro atoms. The molecule has 1 atom stereocenters. The van der Waals surface area contributed by atoms with E-state index in [1.54, 1.807) is 0 Å². The third-order valence-corrected chi connectivity index (χ3v) is 7.87. The van der Waals surface area contributed by atoms with Gasteiger partial charge in [0, 0.05) is 17.8 Å². The molecule has 0 bridgehead atoms. The summed E-state index contributed by atoms with van der Waals surface area (Å²) >= 11 is 0. The minimum atomic E-state index is -0.601. The molecule has 0 N–H and O–H groups in total. The number of aliphatic imine (C=N–C) groups is 1. The Labute approximate surface area is 218 Å². The summed E-state index contributed by atoms with van der Waals surface area (Å²) < 4.78 is 0. The molecular weight excluding hydrogens is 473 g/mol. The van der Waals surface area contributed by atoms with Crippen molar-refractivity contribution in [1.29, 1.82) is 0 Å². The van der Waals surface area contributed by atoms with Crippen molar-refractivity contribution >= 4 is 24.7 Å². The van der Waals surface area contributed by atoms with Crippen LogP contribution in [0.2, 0.25) is 0 Å². The van der Waals surface area contributed by atoms with E-state index in [2.05, 4.69) is 99.0 Å². The zero-order valence-electron chi connectivity index (χ0n) is 19.2. The van der Waals surface area contributed by atoms with Crippen LogP contribution in [0.5, 0.6) is 0 Å². The Bertz CT molecular complexity index is 909. The Morgan fingerprint density at radius 3 is 1.59 bits per heavy atom. The molecule has 2 fully saturated rings. The summed E-state index contributed by atoms with van der Waals surface area (Å²) in [7, 11) is -0.601. The van der Waals surface area contributed by atoms with Crippen LogP contribution in [-0.2, 0) is 17.1 Å². The van der Waals surface area contributed by atoms with E-state index in [0.29, 0.717) is 0 Å². The van der Waals surface area contributed by atoms with Crippen LogP contribution in [0.25, 0.3) is 0 Å². The number of rotatable bonds is 6. The second-order valence-electron chi connectivity index (χ2n) is 7.70. The van der Waals surface area contributed by atoms with Gasteiger partial charge in [-0.05, 0) is 82.4 Å². The van der Waals surface area contributed by atoms with Gasteiger partial charge in [0.05, 0.1) is 6.04 Å². The SMILES string of the molecule is C[C@@H](N=Cc1ccccc1)[C]1[CH][CH][CH][C]1P(c1ccccc1)c1ccccc1.[CH]1[CH][CH][CH][CH]1.[Fe+2]. The summed E-state index contributed by atoms with van der Waals surface area (Å²) in [4.78, 5) is 4.85. The van der Waals surface area contributed by atoms with Crippen molar-refractivity contribution in [1.82, 2.24) is 0 Å². The van der Waals surface area contributed by atoms with E-state index in [4.69, 9.17) is 4.99 Å². The van der Waals surface area contributed by atoms with Gasteiger partial charge in [0.15, 0.2) is 0 Å². The zero-order valence-corrected chi connectivity index (χ0v) is 21.2. The number of hydrogen-bond acceptors (Lipinski definition) is 1. The third kappa shape index (κ3) is 7.64. The molecule has 3 aromatic carbocycles. The quantitative estimate of drug-likeness (QED) is 0.211. The number of hydrogen-bond donors (Lipinski definition) is 0. The molecule has 5 rings (SSSR count). The van der Waals surface area contributed by atoms with Crippen molar-refractivity contribution in [3.05, 3.63) is 160 Å². The van der Waals surface area contributed by atoms with Gasteiger partial charge in [0.2, 0.25) is 0 Å². The summed E-state index contributed by atoms with van der Waals surface area (Å²) in [5, 5.41) is 2.74. The van der Waals surface area contributed by atoms with Crippen molar-refractivity contribution in [2.75, 3.05) is 0 Å². The minimum absolute atomic E-state index is 0. The van der Waals surface area contributed by atoms with Crippen LogP contribution >= 0.6 is 7.92 Å². The molecule has 1 nitrogen and oxygen atoms in total. The summed E-state index contributed by atoms with van der Waals surface area (Å²) in [6.07, 6.45) is 18.6. The van der Waals surface area contributed by atoms with Crippen molar-refractivity contribution in [3.63, 3.8) is 0 Å². The van der Waals surface area contributed by atoms with Gasteiger partial charge in [0.25, 0.3) is 0 Å². The summed E-state index contributed by atoms with van der Waals surface area (Å²) in [5.41, 5.74) is 2.53. The van der Waals surface area contributed by atoms with E-state index < -0.39 is 7.92 Å². The van der Waals surface area contributed by atoms with Gasteiger partial charge in [-0.15, -0.1) is 0 Å². The molecule has 2 aliphatic carbocycles. The van der Waals surface area contributed by atoms with E-state index in [0.717, 1.165) is 5.56 Å². The first-order valence-electron chi connectivity index (χ1n) is 11.2. The molecule has 0 heterocycles. The molecule has 34 heavy (non-hydrogen) atoms. The van der Waals surface area contributed by atoms with Crippen molar-refractivity contribution in [2.45, 2.75) is 13.0 Å². The van der Waals surface area contributed by atoms with Crippen LogP contribution in [0.15, 0.2) is 96.0 Å². The van der Waals surface area contributed by atoms with E-state index in [-0.39, 0.29) is 23.1 Å². The number of benzene rings is 3. The fourth-order valence-electron chi connectivity index (χ4n) is 3.70. The van der Waals surface area contributed by atoms with Crippen LogP contribution in [0.3, 0.4) is 0 Å². The Hall–Kier alpha value is -1.72. The first-order chi connectivity index (χ1) is 16.3. The van der Waals surface area contributed by atoms with Crippen LogP contribution in [0.1, 0.15) is 12.5 Å². The summed E-state index contributed by atoms with van der Waals surface area (Å²) in [6.45, 7) is 2.18. The van der Waals surface area contributed by atoms with Gasteiger partial charge >= 0.3 is 17.1 Å². The predicted molar refractivity (Wildman–Crippen MR) is 143 cm³/mol. The maximum absolute atomic E-state index is 4.85. The van der Waals surface area contributed by atoms with E-state index in [1.807, 2.05) is 56.5 Å². The number of nitrogens with zero attached hydrogens (tertiary/aromatic N) is 1. The summed E-state index contributed by atoms with van der Waals surface area (Å²) in [5.74, 6) is 1.31. The van der Waals surface area contributed by atoms with Gasteiger partial charge < -0.3 is 0 Å². The Morgan fingerprint density at radius 1 is 0.618 bits per heavy atom. The fraction of sp³-hybridized carbons (Fsp3) is 0.0645. The average Bonchev–Trinajstić information content (AvgIpc) is 3.61. The van der Waals surface area contributed by atoms with Gasteiger partial charge in [-0.25, -0.2) is 0 Å². The van der Waals surface area contributed by atoms with Crippen molar-refractivity contribution < 1.29 is 17.1 Å². The first kappa shape index (κ1) is 26.9. The van der Waals surface area contributed by atoms with E-state index >= 15 is 0 Å². The Balaban J connectivity index is 0.000000481. The summed E-state index contributed by atoms with van der Waals surface area (Å²) in [6, 6.07) is 32.1. The van der Waals surface area contributed by atoms with E-state index in [1.165, 1.54) is 22.2 Å². The standard InChI is InChI=1S/C26H23NP.C5H5.Fe/c1-21(27-20-22-12-5-2-6-13-22)25-18-11-19-26(25)28(23-14-7-3-8-15-23)24-16-9-4-10-17-24;1-2-4-5-3-1;/h2-21H,1H3;1-5H;/q;;+2/t21-;;/m1../s1. The van der Waals surface area contributed by atoms with E-state index in [9.17, 15) is 0 Å². The maximum atomic E-state index is 4.85. The molecule has 2 saturated carbocycles. The third-order valence-electron chi connectivity index (χ3n) is 5.35. The molecule has 0 aromatic heterocycles. The van der Waals surface area contributed by atoms with Crippen molar-refractivity contribution in [3.8, 4) is 0 Å². The molecule has 10 radical (unpaired) electrons. The topological polar surface area (TPSA) is 12.4 Å². The van der Waals surface area contributed by atoms with Crippen LogP contribution < -0.4 is 10.6 Å². The molecule has 0 saturated heterocycles. The molecule has 0 amide bonds. The first-order valence-corrected chi connectivity index (χ1v) is 12.6. The largest absolute Gasteiger partial charge is 2.00 e. The smallest absolute Gasteiger partial charge is 0.289 e. The Morgan fingerprint density at radius 2 is 1.09 bits per heavy atom. The molecule has 3 aromatic rings. The van der Waals surface area contributed by atoms with Gasteiger partial charge in [0.1, 0.15) is 0 Å². The molecule has 2 aliphatic rings. The fourth-order valence-corrected chi connectivity index (χ4v) is 6.25. The van der Waals surface area contributed by atoms with Crippen LogP contribution in [-0.4, -0.2) is 12.3 Å².